The number of rotatable bonds is 11. The summed E-state index contributed by atoms with van der Waals surface area (Å²) in [6.45, 7) is 16.6. The Morgan fingerprint density at radius 3 is 2.03 bits per heavy atom. The van der Waals surface area contributed by atoms with Crippen molar-refractivity contribution in [2.75, 3.05) is 0 Å². The van der Waals surface area contributed by atoms with Crippen molar-refractivity contribution in [1.29, 1.82) is 0 Å². The Labute approximate surface area is 223 Å². The second-order valence-corrected chi connectivity index (χ2v) is 17.0. The molecule has 0 aliphatic carbocycles. The van der Waals surface area contributed by atoms with E-state index in [0.717, 1.165) is 12.8 Å². The van der Waals surface area contributed by atoms with Crippen molar-refractivity contribution in [1.82, 2.24) is 4.90 Å². The molecule has 36 heavy (non-hydrogen) atoms. The van der Waals surface area contributed by atoms with Crippen molar-refractivity contribution >= 4 is 8.32 Å². The summed E-state index contributed by atoms with van der Waals surface area (Å²) in [6.07, 6.45) is 14.0. The van der Waals surface area contributed by atoms with Gasteiger partial charge in [-0.2, -0.15) is 0 Å². The third kappa shape index (κ3) is 7.43. The van der Waals surface area contributed by atoms with E-state index in [1.54, 1.807) is 0 Å². The lowest BCUT2D eigenvalue weighted by Crippen LogP contribution is -2.57. The van der Waals surface area contributed by atoms with Crippen LogP contribution < -0.4 is 0 Å². The summed E-state index contributed by atoms with van der Waals surface area (Å²) >= 11 is 0. The van der Waals surface area contributed by atoms with Crippen LogP contribution in [0.25, 0.3) is 0 Å². The zero-order valence-corrected chi connectivity index (χ0v) is 25.0. The molecule has 2 aromatic rings. The average Bonchev–Trinajstić information content (AvgIpc) is 2.85. The van der Waals surface area contributed by atoms with Gasteiger partial charge in [0.2, 0.25) is 0 Å². The molecule has 1 aliphatic rings. The highest BCUT2D eigenvalue weighted by Crippen LogP contribution is 2.42. The number of piperidine rings is 1. The average molecular weight is 506 g/mol. The second-order valence-electron chi connectivity index (χ2n) is 12.3. The predicted octanol–water partition coefficient (Wildman–Crippen LogP) is 9.55. The molecule has 1 fully saturated rings. The largest absolute Gasteiger partial charge is 0.412 e. The van der Waals surface area contributed by atoms with Crippen LogP contribution in [0.2, 0.25) is 18.1 Å². The molecule has 1 heterocycles. The number of benzene rings is 2. The lowest BCUT2D eigenvalue weighted by atomic mass is 9.87. The van der Waals surface area contributed by atoms with Gasteiger partial charge < -0.3 is 4.43 Å². The number of nitrogens with zero attached hydrogens (tertiary/aromatic N) is 1. The molecule has 0 amide bonds. The van der Waals surface area contributed by atoms with Gasteiger partial charge in [0.1, 0.15) is 0 Å². The van der Waals surface area contributed by atoms with E-state index in [-0.39, 0.29) is 17.2 Å². The molecule has 0 saturated carbocycles. The maximum atomic E-state index is 7.10. The molecule has 2 aromatic carbocycles. The van der Waals surface area contributed by atoms with Gasteiger partial charge in [0.15, 0.2) is 8.32 Å². The first-order chi connectivity index (χ1) is 17.2. The lowest BCUT2D eigenvalue weighted by Gasteiger charge is -2.51. The third-order valence-corrected chi connectivity index (χ3v) is 13.0. The van der Waals surface area contributed by atoms with E-state index in [9.17, 15) is 0 Å². The molecule has 1 saturated heterocycles. The molecule has 0 radical (unpaired) electrons. The fraction of sp³-hybridized carbons (Fsp3) is 0.576. The molecule has 3 atom stereocenters. The molecule has 0 aromatic heterocycles. The molecule has 0 N–H and O–H groups in total. The van der Waals surface area contributed by atoms with Crippen LogP contribution in [0.5, 0.6) is 0 Å². The van der Waals surface area contributed by atoms with E-state index in [2.05, 4.69) is 125 Å². The zero-order chi connectivity index (χ0) is 26.2. The van der Waals surface area contributed by atoms with Crippen LogP contribution in [-0.4, -0.2) is 31.4 Å². The first-order valence-electron chi connectivity index (χ1n) is 14.4. The smallest absolute Gasteiger partial charge is 0.192 e. The van der Waals surface area contributed by atoms with Crippen LogP contribution in [0.1, 0.15) is 96.7 Å². The molecule has 1 aliphatic heterocycles. The first-order valence-corrected chi connectivity index (χ1v) is 17.3. The normalized spacial score (nSPS) is 21.9. The van der Waals surface area contributed by atoms with Crippen molar-refractivity contribution in [3.63, 3.8) is 0 Å². The van der Waals surface area contributed by atoms with E-state index in [0.29, 0.717) is 12.1 Å². The van der Waals surface area contributed by atoms with Gasteiger partial charge in [-0.1, -0.05) is 120 Å². The molecule has 2 nitrogen and oxygen atoms in total. The van der Waals surface area contributed by atoms with Gasteiger partial charge in [-0.25, -0.2) is 0 Å². The van der Waals surface area contributed by atoms with E-state index in [1.165, 1.54) is 43.2 Å². The minimum Gasteiger partial charge on any atom is -0.412 e. The van der Waals surface area contributed by atoms with Gasteiger partial charge in [-0.05, 0) is 61.9 Å². The van der Waals surface area contributed by atoms with Crippen LogP contribution >= 0.6 is 0 Å². The maximum absolute atomic E-state index is 7.10. The van der Waals surface area contributed by atoms with Gasteiger partial charge in [0, 0.05) is 12.1 Å². The highest BCUT2D eigenvalue weighted by molar-refractivity contribution is 6.74. The van der Waals surface area contributed by atoms with Crippen molar-refractivity contribution in [2.45, 2.75) is 122 Å². The van der Waals surface area contributed by atoms with Crippen molar-refractivity contribution < 1.29 is 4.43 Å². The van der Waals surface area contributed by atoms with Gasteiger partial charge in [-0.3, -0.25) is 4.90 Å². The lowest BCUT2D eigenvalue weighted by molar-refractivity contribution is -0.0105. The molecular formula is C33H51NOSi. The van der Waals surface area contributed by atoms with Gasteiger partial charge in [-0.15, -0.1) is 0 Å². The molecule has 0 unspecified atom stereocenters. The third-order valence-electron chi connectivity index (χ3n) is 8.50. The van der Waals surface area contributed by atoms with Crippen molar-refractivity contribution in [3.8, 4) is 0 Å². The molecule has 0 spiro atoms. The fourth-order valence-electron chi connectivity index (χ4n) is 5.30. The summed E-state index contributed by atoms with van der Waals surface area (Å²) in [5.74, 6) is 0. The second kappa shape index (κ2) is 13.2. The fourth-order valence-corrected chi connectivity index (χ4v) is 6.73. The van der Waals surface area contributed by atoms with Crippen molar-refractivity contribution in [3.05, 3.63) is 83.9 Å². The van der Waals surface area contributed by atoms with Crippen LogP contribution in [0.15, 0.2) is 72.8 Å². The quantitative estimate of drug-likeness (QED) is 0.171. The van der Waals surface area contributed by atoms with Crippen molar-refractivity contribution in [2.24, 2.45) is 0 Å². The number of hydrogen-bond acceptors (Lipinski definition) is 2. The number of likely N-dealkylation sites (tertiary alicyclic amines) is 1. The highest BCUT2D eigenvalue weighted by Gasteiger charge is 2.45. The minimum atomic E-state index is -1.87. The van der Waals surface area contributed by atoms with Crippen LogP contribution in [0, 0.1) is 0 Å². The Morgan fingerprint density at radius 1 is 0.917 bits per heavy atom. The van der Waals surface area contributed by atoms with Crippen LogP contribution in [0.3, 0.4) is 0 Å². The predicted molar refractivity (Wildman–Crippen MR) is 159 cm³/mol. The molecule has 198 valence electrons. The van der Waals surface area contributed by atoms with Gasteiger partial charge in [0.05, 0.1) is 12.1 Å². The van der Waals surface area contributed by atoms with Crippen LogP contribution in [-0.2, 0) is 4.43 Å². The van der Waals surface area contributed by atoms with E-state index in [4.69, 9.17) is 4.43 Å². The molecule has 3 rings (SSSR count). The van der Waals surface area contributed by atoms with E-state index >= 15 is 0 Å². The number of unbranched alkanes of at least 4 members (excludes halogenated alkanes) is 4. The number of allylic oxidation sites excluding steroid dienone is 1. The Morgan fingerprint density at radius 2 is 1.50 bits per heavy atom. The standard InChI is InChI=1S/C33H51NOSi/c1-8-9-10-11-12-19-24-30-25-26-31(35-36(6,7)33(3,4)5)27(2)34(30)32(28-20-15-13-16-21-28)29-22-17-14-18-23-29/h13-24,27,30-32H,8-12,25-26H2,1-7H3/b24-19-/t27-,30+,31+/m0/s1. The molecule has 0 bridgehead atoms. The summed E-state index contributed by atoms with van der Waals surface area (Å²) in [4.78, 5) is 2.77. The number of hydrogen-bond donors (Lipinski definition) is 0. The monoisotopic (exact) mass is 505 g/mol. The first kappa shape index (κ1) is 28.9. The molecule has 3 heteroatoms. The molecular weight excluding hydrogens is 454 g/mol. The Bertz CT molecular complexity index is 878. The topological polar surface area (TPSA) is 12.5 Å². The van der Waals surface area contributed by atoms with E-state index in [1.807, 2.05) is 0 Å². The Kier molecular flexibility index (Phi) is 10.6. The van der Waals surface area contributed by atoms with Gasteiger partial charge >= 0.3 is 0 Å². The maximum Gasteiger partial charge on any atom is 0.192 e. The van der Waals surface area contributed by atoms with Crippen LogP contribution in [0.4, 0.5) is 0 Å². The summed E-state index contributed by atoms with van der Waals surface area (Å²) < 4.78 is 7.10. The summed E-state index contributed by atoms with van der Waals surface area (Å²) in [7, 11) is -1.87. The summed E-state index contributed by atoms with van der Waals surface area (Å²) in [5, 5.41) is 0.213. The summed E-state index contributed by atoms with van der Waals surface area (Å²) in [5.41, 5.74) is 2.73. The minimum absolute atomic E-state index is 0.211. The van der Waals surface area contributed by atoms with Gasteiger partial charge in [0.25, 0.3) is 0 Å². The zero-order valence-electron chi connectivity index (χ0n) is 24.0. The highest BCUT2D eigenvalue weighted by atomic mass is 28.4. The Hall–Kier alpha value is -1.68. The SMILES string of the molecule is CCCCCC/C=C\[C@@H]1CC[C@@H](O[Si](C)(C)C(C)(C)C)[C@H](C)N1C(c1ccccc1)c1ccccc1. The summed E-state index contributed by atoms with van der Waals surface area (Å²) in [6, 6.07) is 23.1. The Balaban J connectivity index is 1.96. The van der Waals surface area contributed by atoms with E-state index < -0.39 is 8.32 Å².